The first kappa shape index (κ1) is 54.6. The number of thiazole rings is 1. The molecule has 6 atom stereocenters. The lowest BCUT2D eigenvalue weighted by atomic mass is 9.91. The van der Waals surface area contributed by atoms with Gasteiger partial charge in [-0.1, -0.05) is 31.1 Å². The molecule has 1 saturated carbocycles. The van der Waals surface area contributed by atoms with Crippen LogP contribution >= 0.6 is 11.3 Å². The summed E-state index contributed by atoms with van der Waals surface area (Å²) in [4.78, 5) is 58.4. The number of β-amino-alcohol motifs (C(OH)–C–C–N with tert-alkyl or cyclic N) is 1. The van der Waals surface area contributed by atoms with Crippen LogP contribution in [-0.2, 0) is 14.3 Å². The number of likely N-dealkylation sites (tertiary alicyclic amines) is 2. The first-order chi connectivity index (χ1) is 39.3. The standard InChI is InChI=1S/C59H74N14O7S/c1-34(2)55(59(77)72-32-41(74)22-50(72)58(76)65-35(3)47-27-63-48(28-62-47)56-36(4)64-33-81-56)52-26-53(68-80-52)70-19-12-37(13-20-70)29-69-17-14-42(15-18-69)78-43-23-44(24-43)79-54-21-38(11-16-61-54)73-39-9-10-40(73)31-71(30-39)49-25-46(66-67-57(49)60)45-7-5-6-8-51(45)75/h5-8,11,16,21,25-28,33-35,37,39-44,50,55,74-75H,9-10,12-15,17-20,22-24,29-32H2,1-4H3,(H2,60,67)(H,65,76)/t35-,39?,40?,41+,43-,44-,50-,55-/m0/s1. The number of amides is 2. The largest absolute Gasteiger partial charge is 0.507 e. The highest BCUT2D eigenvalue weighted by Crippen LogP contribution is 2.41. The third-order valence-electron chi connectivity index (χ3n) is 17.6. The quantitative estimate of drug-likeness (QED) is 0.0734. The molecule has 1 aliphatic carbocycles. The monoisotopic (exact) mass is 1120 g/mol. The number of rotatable bonds is 17. The Bertz CT molecular complexity index is 3140. The molecule has 6 fully saturated rings. The Kier molecular flexibility index (Phi) is 15.8. The Labute approximate surface area is 476 Å². The van der Waals surface area contributed by atoms with Crippen LogP contribution in [0, 0.1) is 18.8 Å². The van der Waals surface area contributed by atoms with Crippen LogP contribution in [-0.4, -0.2) is 162 Å². The van der Waals surface area contributed by atoms with Crippen molar-refractivity contribution in [1.29, 1.82) is 0 Å². The molecule has 5 N–H and O–H groups in total. The number of fused-ring (bicyclic) bond motifs is 2. The molecule has 6 aliphatic rings. The van der Waals surface area contributed by atoms with Gasteiger partial charge >= 0.3 is 0 Å². The highest BCUT2D eigenvalue weighted by molar-refractivity contribution is 7.13. The van der Waals surface area contributed by atoms with Gasteiger partial charge in [0, 0.05) is 113 Å². The van der Waals surface area contributed by atoms with E-state index < -0.39 is 24.1 Å². The van der Waals surface area contributed by atoms with E-state index in [1.807, 2.05) is 58.2 Å². The van der Waals surface area contributed by atoms with Gasteiger partial charge in [-0.3, -0.25) is 19.6 Å². The van der Waals surface area contributed by atoms with Crippen molar-refractivity contribution in [3.05, 3.63) is 89.8 Å². The topological polar surface area (TPSA) is 251 Å². The van der Waals surface area contributed by atoms with Crippen LogP contribution in [0.25, 0.3) is 21.8 Å². The van der Waals surface area contributed by atoms with E-state index in [1.165, 1.54) is 16.2 Å². The molecule has 0 spiro atoms. The van der Waals surface area contributed by atoms with Gasteiger partial charge in [-0.25, -0.2) is 9.97 Å². The summed E-state index contributed by atoms with van der Waals surface area (Å²) in [6, 6.07) is 14.5. The fourth-order valence-electron chi connectivity index (χ4n) is 13.1. The van der Waals surface area contributed by atoms with Crippen molar-refractivity contribution in [2.24, 2.45) is 11.8 Å². The highest BCUT2D eigenvalue weighted by Gasteiger charge is 2.45. The second kappa shape index (κ2) is 23.5. The van der Waals surface area contributed by atoms with Crippen molar-refractivity contribution < 1.29 is 33.8 Å². The number of nitrogens with zero attached hydrogens (tertiary/aromatic N) is 12. The number of benzene rings is 1. The van der Waals surface area contributed by atoms with Crippen molar-refractivity contribution in [1.82, 2.24) is 50.4 Å². The van der Waals surface area contributed by atoms with E-state index in [0.717, 1.165) is 131 Å². The zero-order chi connectivity index (χ0) is 55.9. The summed E-state index contributed by atoms with van der Waals surface area (Å²) in [6.45, 7) is 14.2. The van der Waals surface area contributed by atoms with Crippen molar-refractivity contribution in [3.63, 3.8) is 0 Å². The van der Waals surface area contributed by atoms with Crippen molar-refractivity contribution in [2.75, 3.05) is 72.8 Å². The fraction of sp³-hybridized carbons (Fsp3) is 0.542. The first-order valence-electron chi connectivity index (χ1n) is 29.0. The summed E-state index contributed by atoms with van der Waals surface area (Å²) in [5.41, 5.74) is 13.6. The minimum absolute atomic E-state index is 0.0565. The molecule has 5 aliphatic heterocycles. The average molecular weight is 1120 g/mol. The Hall–Kier alpha value is -7.01. The van der Waals surface area contributed by atoms with Gasteiger partial charge in [-0.05, 0) is 88.5 Å². The van der Waals surface area contributed by atoms with Crippen LogP contribution in [0.5, 0.6) is 11.6 Å². The number of anilines is 4. The summed E-state index contributed by atoms with van der Waals surface area (Å²) in [5, 5.41) is 37.3. The average Bonchev–Trinajstić information content (AvgIpc) is 4.28. The number of nitrogens with one attached hydrogen (secondary N) is 1. The van der Waals surface area contributed by atoms with Crippen LogP contribution in [0.4, 0.5) is 23.0 Å². The zero-order valence-corrected chi connectivity index (χ0v) is 47.4. The molecule has 5 aromatic heterocycles. The molecular formula is C59H74N14O7S. The number of piperidine rings is 2. The summed E-state index contributed by atoms with van der Waals surface area (Å²) >= 11 is 1.50. The molecule has 2 bridgehead atoms. The number of piperazine rings is 1. The third kappa shape index (κ3) is 11.7. The SMILES string of the molecule is Cc1ncsc1-c1cnc([C@H](C)NC(=O)[C@@H]2C[C@@H](O)CN2C(=O)[C@H](c2cc(N3CCC(CN4CCC(O[C@H]5C[C@H](Oc6cc(N7C8CCC7CN(c7cc(-c9ccccc9O)nnc7N)C8)ccn6)C5)CC4)CC3)no2)C(C)C)cn1. The number of aliphatic hydroxyl groups excluding tert-OH is 1. The second-order valence-corrected chi connectivity index (χ2v) is 24.4. The molecule has 1 aromatic carbocycles. The minimum Gasteiger partial charge on any atom is -0.507 e. The second-order valence-electron chi connectivity index (χ2n) is 23.5. The molecule has 10 heterocycles. The Morgan fingerprint density at radius 2 is 1.62 bits per heavy atom. The van der Waals surface area contributed by atoms with E-state index in [1.54, 1.807) is 30.0 Å². The van der Waals surface area contributed by atoms with Crippen LogP contribution < -0.4 is 30.5 Å². The fourth-order valence-corrected chi connectivity index (χ4v) is 13.9. The lowest BCUT2D eigenvalue weighted by Crippen LogP contribution is -2.54. The van der Waals surface area contributed by atoms with Gasteiger partial charge in [0.25, 0.3) is 0 Å². The molecule has 6 aromatic rings. The highest BCUT2D eigenvalue weighted by atomic mass is 32.1. The number of aromatic nitrogens is 7. The summed E-state index contributed by atoms with van der Waals surface area (Å²) in [5.74, 6) is 1.54. The van der Waals surface area contributed by atoms with E-state index in [9.17, 15) is 19.8 Å². The number of para-hydroxylation sites is 1. The number of carbonyl (C=O) groups is 2. The van der Waals surface area contributed by atoms with Crippen molar-refractivity contribution in [3.8, 4) is 33.5 Å². The third-order valence-corrected chi connectivity index (χ3v) is 18.6. The normalized spacial score (nSPS) is 24.4. The summed E-state index contributed by atoms with van der Waals surface area (Å²) in [7, 11) is 0. The number of hydrogen-bond acceptors (Lipinski definition) is 20. The number of nitrogens with two attached hydrogens (primary N) is 1. The number of carbonyl (C=O) groups excluding carboxylic acids is 2. The van der Waals surface area contributed by atoms with Gasteiger partial charge in [-0.2, -0.15) is 0 Å². The number of pyridine rings is 1. The van der Waals surface area contributed by atoms with Crippen molar-refractivity contribution >= 4 is 46.2 Å². The maximum absolute atomic E-state index is 14.4. The molecule has 0 radical (unpaired) electrons. The molecule has 5 saturated heterocycles. The summed E-state index contributed by atoms with van der Waals surface area (Å²) in [6.07, 6.45) is 13.1. The molecule has 81 heavy (non-hydrogen) atoms. The van der Waals surface area contributed by atoms with E-state index in [-0.39, 0.29) is 54.8 Å². The predicted molar refractivity (Wildman–Crippen MR) is 307 cm³/mol. The van der Waals surface area contributed by atoms with Crippen LogP contribution in [0.3, 0.4) is 0 Å². The number of aromatic hydroxyl groups is 1. The van der Waals surface area contributed by atoms with Gasteiger partial charge in [0.1, 0.15) is 29.5 Å². The lowest BCUT2D eigenvalue weighted by molar-refractivity contribution is -0.141. The first-order valence-corrected chi connectivity index (χ1v) is 29.8. The molecule has 12 rings (SSSR count). The molecule has 22 heteroatoms. The smallest absolute Gasteiger partial charge is 0.243 e. The van der Waals surface area contributed by atoms with E-state index >= 15 is 0 Å². The maximum atomic E-state index is 14.4. The van der Waals surface area contributed by atoms with Crippen LogP contribution in [0.15, 0.2) is 77.2 Å². The van der Waals surface area contributed by atoms with Gasteiger partial charge < -0.3 is 59.8 Å². The Morgan fingerprint density at radius 1 is 0.840 bits per heavy atom. The van der Waals surface area contributed by atoms with Gasteiger partial charge in [-0.15, -0.1) is 21.5 Å². The number of nitrogen functional groups attached to an aromatic ring is 1. The minimum atomic E-state index is -0.849. The Balaban J connectivity index is 0.564. The molecule has 2 amide bonds. The molecule has 2 unspecified atom stereocenters. The number of hydrogen-bond donors (Lipinski definition) is 4. The molecule has 428 valence electrons. The van der Waals surface area contributed by atoms with Crippen molar-refractivity contribution in [2.45, 2.75) is 140 Å². The lowest BCUT2D eigenvalue weighted by Gasteiger charge is -2.43. The van der Waals surface area contributed by atoms with Crippen LogP contribution in [0.1, 0.15) is 108 Å². The Morgan fingerprint density at radius 3 is 2.33 bits per heavy atom. The van der Waals surface area contributed by atoms with E-state index in [2.05, 4.69) is 72.3 Å². The van der Waals surface area contributed by atoms with Gasteiger partial charge in [0.2, 0.25) is 17.7 Å². The number of aliphatic hydroxyl groups is 1. The predicted octanol–water partition coefficient (Wildman–Crippen LogP) is 6.78. The zero-order valence-electron chi connectivity index (χ0n) is 46.6. The number of aryl methyl sites for hydroxylation is 1. The van der Waals surface area contributed by atoms with Gasteiger partial charge in [0.05, 0.1) is 69.9 Å². The number of ether oxygens (including phenoxy) is 2. The number of phenolic OH excluding ortho intramolecular Hbond substituents is 1. The maximum Gasteiger partial charge on any atom is 0.243 e. The van der Waals surface area contributed by atoms with E-state index in [0.29, 0.717) is 52.4 Å². The van der Waals surface area contributed by atoms with Crippen LogP contribution in [0.2, 0.25) is 0 Å². The molecular weight excluding hydrogens is 1050 g/mol. The molecule has 21 nitrogen and oxygen atoms in total. The van der Waals surface area contributed by atoms with E-state index in [4.69, 9.17) is 19.7 Å². The summed E-state index contributed by atoms with van der Waals surface area (Å²) < 4.78 is 19.0. The number of phenols is 1. The van der Waals surface area contributed by atoms with Gasteiger partial charge in [0.15, 0.2) is 17.4 Å².